The summed E-state index contributed by atoms with van der Waals surface area (Å²) in [6.45, 7) is 0. The van der Waals surface area contributed by atoms with Gasteiger partial charge in [0.2, 0.25) is 0 Å². The fourth-order valence-electron chi connectivity index (χ4n) is 1.27. The molecule has 0 saturated carbocycles. The monoisotopic (exact) mass is 238 g/mol. The Bertz CT molecular complexity index is 583. The molecule has 0 saturated heterocycles. The van der Waals surface area contributed by atoms with Gasteiger partial charge in [0.05, 0.1) is 0 Å². The Morgan fingerprint density at radius 1 is 0.556 bits per heavy atom. The van der Waals surface area contributed by atoms with E-state index in [1.54, 1.807) is 24.3 Å². The van der Waals surface area contributed by atoms with Crippen LogP contribution in [0, 0.1) is 35.3 Å². The molecule has 0 bridgehead atoms. The molecule has 0 aliphatic heterocycles. The molecule has 0 aromatic heterocycles. The van der Waals surface area contributed by atoms with Crippen molar-refractivity contribution in [3.05, 3.63) is 71.3 Å². The lowest BCUT2D eigenvalue weighted by atomic mass is 10.2. The van der Waals surface area contributed by atoms with Crippen LogP contribution in [0.4, 0.5) is 8.78 Å². The fraction of sp³-hybridized carbons (Fsp3) is 0. The van der Waals surface area contributed by atoms with Crippen LogP contribution in [0.2, 0.25) is 0 Å². The first-order valence-electron chi connectivity index (χ1n) is 5.27. The highest BCUT2D eigenvalue weighted by molar-refractivity contribution is 5.44. The lowest BCUT2D eigenvalue weighted by molar-refractivity contribution is 0.627. The van der Waals surface area contributed by atoms with Crippen molar-refractivity contribution in [3.63, 3.8) is 0 Å². The van der Waals surface area contributed by atoms with Crippen LogP contribution in [0.15, 0.2) is 48.5 Å². The lowest BCUT2D eigenvalue weighted by Crippen LogP contribution is -1.76. The van der Waals surface area contributed by atoms with Gasteiger partial charge in [-0.25, -0.2) is 8.78 Å². The molecule has 18 heavy (non-hydrogen) atoms. The van der Waals surface area contributed by atoms with E-state index >= 15 is 0 Å². The van der Waals surface area contributed by atoms with Gasteiger partial charge in [-0.2, -0.15) is 0 Å². The van der Waals surface area contributed by atoms with Crippen molar-refractivity contribution < 1.29 is 8.78 Å². The molecule has 0 nitrogen and oxygen atoms in total. The normalized spacial score (nSPS) is 8.78. The van der Waals surface area contributed by atoms with Crippen LogP contribution >= 0.6 is 0 Å². The topological polar surface area (TPSA) is 0 Å². The maximum Gasteiger partial charge on any atom is 0.123 e. The van der Waals surface area contributed by atoms with Crippen LogP contribution in [0.1, 0.15) is 11.1 Å². The minimum atomic E-state index is -0.294. The second-order valence-corrected chi connectivity index (χ2v) is 3.51. The number of hydrogen-bond acceptors (Lipinski definition) is 0. The molecule has 0 aliphatic rings. The second kappa shape index (κ2) is 5.66. The smallest absolute Gasteiger partial charge is 0.123 e. The Hall–Kier alpha value is -2.58. The molecule has 0 radical (unpaired) electrons. The molecule has 0 N–H and O–H groups in total. The van der Waals surface area contributed by atoms with E-state index in [0.29, 0.717) is 11.1 Å². The SMILES string of the molecule is Fc1ccc(C#CC#Cc2ccc(F)cc2)cc1. The van der Waals surface area contributed by atoms with Crippen molar-refractivity contribution in [2.75, 3.05) is 0 Å². The van der Waals surface area contributed by atoms with Gasteiger partial charge >= 0.3 is 0 Å². The van der Waals surface area contributed by atoms with E-state index in [9.17, 15) is 8.78 Å². The van der Waals surface area contributed by atoms with Gasteiger partial charge in [0, 0.05) is 11.1 Å². The average Bonchev–Trinajstić information content (AvgIpc) is 2.39. The maximum absolute atomic E-state index is 12.6. The molecule has 0 spiro atoms. The van der Waals surface area contributed by atoms with Gasteiger partial charge < -0.3 is 0 Å². The van der Waals surface area contributed by atoms with Crippen LogP contribution < -0.4 is 0 Å². The van der Waals surface area contributed by atoms with Crippen molar-refractivity contribution in [3.8, 4) is 23.7 Å². The Labute approximate surface area is 104 Å². The molecule has 0 amide bonds. The lowest BCUT2D eigenvalue weighted by Gasteiger charge is -1.88. The van der Waals surface area contributed by atoms with E-state index in [1.165, 1.54) is 24.3 Å². The van der Waals surface area contributed by atoms with Crippen LogP contribution in [-0.4, -0.2) is 0 Å². The molecule has 0 fully saturated rings. The summed E-state index contributed by atoms with van der Waals surface area (Å²) in [7, 11) is 0. The Balaban J connectivity index is 2.09. The van der Waals surface area contributed by atoms with Gasteiger partial charge in [0.15, 0.2) is 0 Å². The first-order valence-corrected chi connectivity index (χ1v) is 5.27. The standard InChI is InChI=1S/C16H8F2/c17-15-9-5-13(6-10-15)3-1-2-4-14-7-11-16(18)12-8-14/h5-12H. The molecule has 2 aromatic carbocycles. The largest absolute Gasteiger partial charge is 0.207 e. The highest BCUT2D eigenvalue weighted by Gasteiger charge is 1.88. The van der Waals surface area contributed by atoms with Crippen molar-refractivity contribution in [1.82, 2.24) is 0 Å². The predicted octanol–water partition coefficient (Wildman–Crippen LogP) is 3.37. The molecule has 2 aromatic rings. The van der Waals surface area contributed by atoms with E-state index in [0.717, 1.165) is 0 Å². The highest BCUT2D eigenvalue weighted by atomic mass is 19.1. The molecule has 0 heterocycles. The van der Waals surface area contributed by atoms with E-state index < -0.39 is 0 Å². The quantitative estimate of drug-likeness (QED) is 0.617. The molecule has 2 heteroatoms. The minimum absolute atomic E-state index is 0.294. The first kappa shape index (κ1) is 11.9. The third-order valence-electron chi connectivity index (χ3n) is 2.16. The molecular weight excluding hydrogens is 230 g/mol. The zero-order valence-corrected chi connectivity index (χ0v) is 9.37. The summed E-state index contributed by atoms with van der Waals surface area (Å²) >= 11 is 0. The van der Waals surface area contributed by atoms with Crippen molar-refractivity contribution >= 4 is 0 Å². The summed E-state index contributed by atoms with van der Waals surface area (Å²) in [5.74, 6) is 10.3. The number of benzene rings is 2. The summed E-state index contributed by atoms with van der Waals surface area (Å²) in [5, 5.41) is 0. The number of hydrogen-bond donors (Lipinski definition) is 0. The molecule has 0 aliphatic carbocycles. The zero-order valence-electron chi connectivity index (χ0n) is 9.37. The van der Waals surface area contributed by atoms with Crippen LogP contribution in [0.25, 0.3) is 0 Å². The van der Waals surface area contributed by atoms with Gasteiger partial charge in [-0.15, -0.1) is 0 Å². The van der Waals surface area contributed by atoms with Crippen molar-refractivity contribution in [1.29, 1.82) is 0 Å². The third kappa shape index (κ3) is 3.47. The predicted molar refractivity (Wildman–Crippen MR) is 66.6 cm³/mol. The highest BCUT2D eigenvalue weighted by Crippen LogP contribution is 2.01. The second-order valence-electron chi connectivity index (χ2n) is 3.51. The van der Waals surface area contributed by atoms with Gasteiger partial charge in [-0.05, 0) is 60.4 Å². The summed E-state index contributed by atoms with van der Waals surface area (Å²) < 4.78 is 25.2. The van der Waals surface area contributed by atoms with E-state index in [2.05, 4.69) is 23.7 Å². The molecule has 2 rings (SSSR count). The van der Waals surface area contributed by atoms with Crippen LogP contribution in [-0.2, 0) is 0 Å². The first-order chi connectivity index (χ1) is 8.74. The summed E-state index contributed by atoms with van der Waals surface area (Å²) in [6, 6.07) is 11.7. The molecule has 86 valence electrons. The third-order valence-corrected chi connectivity index (χ3v) is 2.16. The average molecular weight is 238 g/mol. The van der Waals surface area contributed by atoms with E-state index in [1.807, 2.05) is 0 Å². The van der Waals surface area contributed by atoms with Crippen LogP contribution in [0.5, 0.6) is 0 Å². The van der Waals surface area contributed by atoms with Crippen molar-refractivity contribution in [2.24, 2.45) is 0 Å². The minimum Gasteiger partial charge on any atom is -0.207 e. The maximum atomic E-state index is 12.6. The molecular formula is C16H8F2. The van der Waals surface area contributed by atoms with Crippen molar-refractivity contribution in [2.45, 2.75) is 0 Å². The van der Waals surface area contributed by atoms with Gasteiger partial charge in [0.25, 0.3) is 0 Å². The van der Waals surface area contributed by atoms with Gasteiger partial charge in [-0.1, -0.05) is 11.8 Å². The van der Waals surface area contributed by atoms with E-state index in [-0.39, 0.29) is 11.6 Å². The van der Waals surface area contributed by atoms with Gasteiger partial charge in [0.1, 0.15) is 11.6 Å². The van der Waals surface area contributed by atoms with Crippen LogP contribution in [0.3, 0.4) is 0 Å². The number of rotatable bonds is 0. The van der Waals surface area contributed by atoms with E-state index in [4.69, 9.17) is 0 Å². The zero-order chi connectivity index (χ0) is 12.8. The summed E-state index contributed by atoms with van der Waals surface area (Å²) in [6.07, 6.45) is 0. The molecule has 0 unspecified atom stereocenters. The fourth-order valence-corrected chi connectivity index (χ4v) is 1.27. The summed E-state index contributed by atoms with van der Waals surface area (Å²) in [4.78, 5) is 0. The number of halogens is 2. The van der Waals surface area contributed by atoms with Gasteiger partial charge in [-0.3, -0.25) is 0 Å². The molecule has 0 atom stereocenters. The summed E-state index contributed by atoms with van der Waals surface area (Å²) in [5.41, 5.74) is 1.40. The Morgan fingerprint density at radius 2 is 0.889 bits per heavy atom. The Morgan fingerprint density at radius 3 is 1.22 bits per heavy atom. The Kier molecular flexibility index (Phi) is 3.74.